The first kappa shape index (κ1) is 20.8. The van der Waals surface area contributed by atoms with Crippen LogP contribution < -0.4 is 9.47 Å². The number of ether oxygens (including phenoxy) is 2. The van der Waals surface area contributed by atoms with Crippen LogP contribution in [-0.2, 0) is 0 Å². The van der Waals surface area contributed by atoms with Crippen LogP contribution in [0.1, 0.15) is 20.3 Å². The Labute approximate surface area is 161 Å². The second kappa shape index (κ2) is 9.41. The van der Waals surface area contributed by atoms with Crippen LogP contribution in [0.4, 0.5) is 13.6 Å². The second-order valence-electron chi connectivity index (χ2n) is 5.88. The standard InChI is InChI=1S/C19H20ClF2NO4/c1-3-12(2)23(19(24)25)6-7-26-18-5-4-15(11-17(18)20)27-16-9-13(21)8-14(22)10-16/h4-5,8-12H,3,6-7H2,1-2H3,(H,24,25). The Kier molecular flexibility index (Phi) is 7.24. The molecule has 0 saturated carbocycles. The zero-order valence-corrected chi connectivity index (χ0v) is 15.7. The molecule has 2 aromatic rings. The van der Waals surface area contributed by atoms with Crippen LogP contribution in [0.3, 0.4) is 0 Å². The fourth-order valence-corrected chi connectivity index (χ4v) is 2.59. The van der Waals surface area contributed by atoms with Crippen LogP contribution in [0.2, 0.25) is 5.02 Å². The summed E-state index contributed by atoms with van der Waals surface area (Å²) >= 11 is 6.14. The summed E-state index contributed by atoms with van der Waals surface area (Å²) in [7, 11) is 0. The molecule has 0 aliphatic rings. The molecule has 1 atom stereocenters. The molecule has 0 heterocycles. The lowest BCUT2D eigenvalue weighted by molar-refractivity contribution is 0.116. The van der Waals surface area contributed by atoms with Crippen molar-refractivity contribution in [2.45, 2.75) is 26.3 Å². The second-order valence-corrected chi connectivity index (χ2v) is 6.29. The highest BCUT2D eigenvalue weighted by atomic mass is 35.5. The quantitative estimate of drug-likeness (QED) is 0.630. The molecule has 1 unspecified atom stereocenters. The van der Waals surface area contributed by atoms with Crippen molar-refractivity contribution in [3.05, 3.63) is 53.1 Å². The van der Waals surface area contributed by atoms with Crippen LogP contribution in [0, 0.1) is 11.6 Å². The maximum Gasteiger partial charge on any atom is 0.407 e. The lowest BCUT2D eigenvalue weighted by Gasteiger charge is -2.25. The zero-order valence-electron chi connectivity index (χ0n) is 14.9. The number of carboxylic acid groups (broad SMARTS) is 1. The summed E-state index contributed by atoms with van der Waals surface area (Å²) in [4.78, 5) is 12.5. The van der Waals surface area contributed by atoms with Crippen molar-refractivity contribution in [1.29, 1.82) is 0 Å². The smallest absolute Gasteiger partial charge is 0.407 e. The fraction of sp³-hybridized carbons (Fsp3) is 0.316. The average Bonchev–Trinajstić information content (AvgIpc) is 2.58. The molecule has 2 rings (SSSR count). The highest BCUT2D eigenvalue weighted by Gasteiger charge is 2.17. The highest BCUT2D eigenvalue weighted by molar-refractivity contribution is 6.32. The van der Waals surface area contributed by atoms with Gasteiger partial charge in [-0.1, -0.05) is 18.5 Å². The Balaban J connectivity index is 1.99. The summed E-state index contributed by atoms with van der Waals surface area (Å²) < 4.78 is 37.3. The molecule has 0 aliphatic heterocycles. The van der Waals surface area contributed by atoms with Crippen LogP contribution >= 0.6 is 11.6 Å². The van der Waals surface area contributed by atoms with Gasteiger partial charge in [-0.05, 0) is 25.5 Å². The summed E-state index contributed by atoms with van der Waals surface area (Å²) in [6, 6.07) is 7.26. The lowest BCUT2D eigenvalue weighted by atomic mass is 10.2. The molecule has 0 spiro atoms. The summed E-state index contributed by atoms with van der Waals surface area (Å²) in [6.45, 7) is 4.05. The molecule has 1 amide bonds. The number of rotatable bonds is 8. The van der Waals surface area contributed by atoms with Crippen LogP contribution in [0.5, 0.6) is 17.2 Å². The normalized spacial score (nSPS) is 11.7. The molecule has 0 bridgehead atoms. The number of halogens is 3. The molecule has 0 radical (unpaired) electrons. The van der Waals surface area contributed by atoms with Gasteiger partial charge in [0.05, 0.1) is 11.6 Å². The largest absolute Gasteiger partial charge is 0.490 e. The highest BCUT2D eigenvalue weighted by Crippen LogP contribution is 2.31. The maximum absolute atomic E-state index is 13.2. The molecule has 8 heteroatoms. The van der Waals surface area contributed by atoms with E-state index < -0.39 is 17.7 Å². The van der Waals surface area contributed by atoms with Crippen LogP contribution in [0.25, 0.3) is 0 Å². The number of hydrogen-bond donors (Lipinski definition) is 1. The third-order valence-electron chi connectivity index (χ3n) is 3.93. The minimum Gasteiger partial charge on any atom is -0.490 e. The van der Waals surface area contributed by atoms with Crippen LogP contribution in [-0.4, -0.2) is 35.3 Å². The van der Waals surface area contributed by atoms with Gasteiger partial charge in [-0.15, -0.1) is 0 Å². The van der Waals surface area contributed by atoms with Crippen molar-refractivity contribution in [2.24, 2.45) is 0 Å². The lowest BCUT2D eigenvalue weighted by Crippen LogP contribution is -2.40. The SMILES string of the molecule is CCC(C)N(CCOc1ccc(Oc2cc(F)cc(F)c2)cc1Cl)C(=O)O. The summed E-state index contributed by atoms with van der Waals surface area (Å²) in [5, 5.41) is 9.45. The predicted octanol–water partition coefficient (Wildman–Crippen LogP) is 5.57. The van der Waals surface area contributed by atoms with Gasteiger partial charge in [-0.25, -0.2) is 13.6 Å². The minimum absolute atomic E-state index is 0.00267. The van der Waals surface area contributed by atoms with E-state index in [4.69, 9.17) is 21.1 Å². The van der Waals surface area contributed by atoms with Gasteiger partial charge in [0.1, 0.15) is 35.5 Å². The summed E-state index contributed by atoms with van der Waals surface area (Å²) in [5.41, 5.74) is 0. The van der Waals surface area contributed by atoms with Gasteiger partial charge in [-0.2, -0.15) is 0 Å². The van der Waals surface area contributed by atoms with Crippen molar-refractivity contribution >= 4 is 17.7 Å². The van der Waals surface area contributed by atoms with Gasteiger partial charge in [0, 0.05) is 30.3 Å². The van der Waals surface area contributed by atoms with Crippen molar-refractivity contribution in [1.82, 2.24) is 4.90 Å². The number of hydrogen-bond acceptors (Lipinski definition) is 3. The number of amides is 1. The van der Waals surface area contributed by atoms with Crippen molar-refractivity contribution in [3.8, 4) is 17.2 Å². The van der Waals surface area contributed by atoms with E-state index in [2.05, 4.69) is 0 Å². The zero-order chi connectivity index (χ0) is 20.0. The Bertz CT molecular complexity index is 783. The Hall–Kier alpha value is -2.54. The van der Waals surface area contributed by atoms with Gasteiger partial charge < -0.3 is 19.5 Å². The molecule has 1 N–H and O–H groups in total. The van der Waals surface area contributed by atoms with E-state index in [0.29, 0.717) is 12.2 Å². The molecule has 0 aliphatic carbocycles. The first-order valence-corrected chi connectivity index (χ1v) is 8.73. The Morgan fingerprint density at radius 3 is 2.41 bits per heavy atom. The number of benzene rings is 2. The van der Waals surface area contributed by atoms with E-state index in [0.717, 1.165) is 18.2 Å². The molecule has 5 nitrogen and oxygen atoms in total. The third kappa shape index (κ3) is 5.99. The van der Waals surface area contributed by atoms with Crippen molar-refractivity contribution < 1.29 is 28.2 Å². The van der Waals surface area contributed by atoms with E-state index in [-0.39, 0.29) is 35.7 Å². The first-order chi connectivity index (χ1) is 12.8. The van der Waals surface area contributed by atoms with Gasteiger partial charge >= 0.3 is 6.09 Å². The number of carbonyl (C=O) groups is 1. The molecular formula is C19H20ClF2NO4. The summed E-state index contributed by atoms with van der Waals surface area (Å²) in [6.07, 6.45) is -0.315. The van der Waals surface area contributed by atoms with Gasteiger partial charge in [0.2, 0.25) is 0 Å². The monoisotopic (exact) mass is 399 g/mol. The van der Waals surface area contributed by atoms with E-state index in [1.54, 1.807) is 6.07 Å². The van der Waals surface area contributed by atoms with E-state index >= 15 is 0 Å². The molecule has 0 fully saturated rings. The van der Waals surface area contributed by atoms with E-state index in [9.17, 15) is 18.7 Å². The Morgan fingerprint density at radius 1 is 1.19 bits per heavy atom. The molecular weight excluding hydrogens is 380 g/mol. The fourth-order valence-electron chi connectivity index (χ4n) is 2.36. The molecule has 0 aromatic heterocycles. The van der Waals surface area contributed by atoms with Crippen molar-refractivity contribution in [3.63, 3.8) is 0 Å². The minimum atomic E-state index is -1.01. The van der Waals surface area contributed by atoms with Gasteiger partial charge in [-0.3, -0.25) is 0 Å². The maximum atomic E-state index is 13.2. The Morgan fingerprint density at radius 2 is 1.85 bits per heavy atom. The first-order valence-electron chi connectivity index (χ1n) is 8.36. The molecule has 146 valence electrons. The summed E-state index contributed by atoms with van der Waals surface area (Å²) in [5.74, 6) is -0.864. The van der Waals surface area contributed by atoms with Gasteiger partial charge in [0.15, 0.2) is 0 Å². The van der Waals surface area contributed by atoms with E-state index in [1.807, 2.05) is 13.8 Å². The third-order valence-corrected chi connectivity index (χ3v) is 4.23. The number of nitrogens with zero attached hydrogens (tertiary/aromatic N) is 1. The average molecular weight is 400 g/mol. The van der Waals surface area contributed by atoms with E-state index in [1.165, 1.54) is 17.0 Å². The topological polar surface area (TPSA) is 59.0 Å². The molecule has 27 heavy (non-hydrogen) atoms. The molecule has 2 aromatic carbocycles. The predicted molar refractivity (Wildman–Crippen MR) is 97.9 cm³/mol. The van der Waals surface area contributed by atoms with Crippen molar-refractivity contribution in [2.75, 3.05) is 13.2 Å². The van der Waals surface area contributed by atoms with Gasteiger partial charge in [0.25, 0.3) is 0 Å². The van der Waals surface area contributed by atoms with Crippen LogP contribution in [0.15, 0.2) is 36.4 Å². The molecule has 0 saturated heterocycles.